The van der Waals surface area contributed by atoms with Crippen LogP contribution >= 0.6 is 11.6 Å². The summed E-state index contributed by atoms with van der Waals surface area (Å²) in [5, 5.41) is 0.102. The van der Waals surface area contributed by atoms with Crippen molar-refractivity contribution in [2.24, 2.45) is 5.73 Å². The molecule has 3 nitrogen and oxygen atoms in total. The van der Waals surface area contributed by atoms with Crippen molar-refractivity contribution in [3.63, 3.8) is 0 Å². The summed E-state index contributed by atoms with van der Waals surface area (Å²) >= 11 is 5.59. The van der Waals surface area contributed by atoms with Crippen molar-refractivity contribution in [3.05, 3.63) is 28.5 Å². The molecule has 0 radical (unpaired) electrons. The topological polar surface area (TPSA) is 52.3 Å². The summed E-state index contributed by atoms with van der Waals surface area (Å²) in [6, 6.07) is 2.15. The highest BCUT2D eigenvalue weighted by Gasteiger charge is 2.12. The van der Waals surface area contributed by atoms with Crippen LogP contribution in [0.4, 0.5) is 4.39 Å². The normalized spacial score (nSPS) is 9.77. The Labute approximate surface area is 79.2 Å². The molecule has 1 aromatic rings. The molecule has 1 rings (SSSR count). The van der Waals surface area contributed by atoms with Crippen LogP contribution in [0.15, 0.2) is 12.1 Å². The number of amides is 1. The van der Waals surface area contributed by atoms with Gasteiger partial charge in [-0.05, 0) is 12.1 Å². The highest BCUT2D eigenvalue weighted by atomic mass is 35.5. The van der Waals surface area contributed by atoms with Gasteiger partial charge in [-0.25, -0.2) is 4.39 Å². The minimum atomic E-state index is -0.854. The number of primary amides is 1. The number of hydrogen-bond acceptors (Lipinski definition) is 2. The zero-order valence-electron chi connectivity index (χ0n) is 6.80. The van der Waals surface area contributed by atoms with Crippen LogP contribution in [0.5, 0.6) is 5.75 Å². The van der Waals surface area contributed by atoms with Crippen LogP contribution in [0.3, 0.4) is 0 Å². The van der Waals surface area contributed by atoms with Crippen LogP contribution in [0.1, 0.15) is 10.4 Å². The molecule has 0 fully saturated rings. The van der Waals surface area contributed by atoms with Crippen molar-refractivity contribution in [3.8, 4) is 5.75 Å². The first-order valence-corrected chi connectivity index (χ1v) is 3.77. The molecule has 1 aromatic carbocycles. The molecular formula is C8H7ClFNO2. The minimum Gasteiger partial charge on any atom is -0.495 e. The van der Waals surface area contributed by atoms with Crippen molar-refractivity contribution < 1.29 is 13.9 Å². The second-order valence-electron chi connectivity index (χ2n) is 2.33. The molecule has 0 aliphatic carbocycles. The number of carbonyl (C=O) groups is 1. The van der Waals surface area contributed by atoms with E-state index in [4.69, 9.17) is 22.1 Å². The summed E-state index contributed by atoms with van der Waals surface area (Å²) in [4.78, 5) is 10.7. The third-order valence-corrected chi connectivity index (χ3v) is 1.80. The Morgan fingerprint density at radius 3 is 2.69 bits per heavy atom. The fourth-order valence-electron chi connectivity index (χ4n) is 0.874. The lowest BCUT2D eigenvalue weighted by atomic mass is 10.2. The molecule has 70 valence electrons. The Morgan fingerprint density at radius 2 is 2.23 bits per heavy atom. The van der Waals surface area contributed by atoms with E-state index in [1.807, 2.05) is 0 Å². The van der Waals surface area contributed by atoms with Crippen LogP contribution in [0.25, 0.3) is 0 Å². The van der Waals surface area contributed by atoms with Crippen molar-refractivity contribution in [1.29, 1.82) is 0 Å². The van der Waals surface area contributed by atoms with E-state index in [1.165, 1.54) is 13.2 Å². The fraction of sp³-hybridized carbons (Fsp3) is 0.125. The molecule has 2 N–H and O–H groups in total. The quantitative estimate of drug-likeness (QED) is 0.794. The molecule has 0 aliphatic rings. The number of hydrogen-bond donors (Lipinski definition) is 1. The van der Waals surface area contributed by atoms with Gasteiger partial charge >= 0.3 is 0 Å². The van der Waals surface area contributed by atoms with Gasteiger partial charge in [-0.1, -0.05) is 11.6 Å². The molecular weight excluding hydrogens is 197 g/mol. The molecule has 0 aromatic heterocycles. The highest BCUT2D eigenvalue weighted by Crippen LogP contribution is 2.26. The van der Waals surface area contributed by atoms with Gasteiger partial charge in [-0.2, -0.15) is 0 Å². The summed E-state index contributed by atoms with van der Waals surface area (Å²) in [6.07, 6.45) is 0. The van der Waals surface area contributed by atoms with Gasteiger partial charge in [-0.15, -0.1) is 0 Å². The number of carbonyl (C=O) groups excluding carboxylic acids is 1. The molecule has 1 amide bonds. The SMILES string of the molecule is COc1cc(C(N)=O)c(F)cc1Cl. The molecule has 0 aliphatic heterocycles. The predicted molar refractivity (Wildman–Crippen MR) is 46.5 cm³/mol. The molecule has 0 saturated heterocycles. The van der Waals surface area contributed by atoms with Crippen molar-refractivity contribution in [2.75, 3.05) is 7.11 Å². The first kappa shape index (κ1) is 9.80. The van der Waals surface area contributed by atoms with Gasteiger partial charge in [0.15, 0.2) is 0 Å². The van der Waals surface area contributed by atoms with E-state index >= 15 is 0 Å². The van der Waals surface area contributed by atoms with E-state index in [-0.39, 0.29) is 16.3 Å². The maximum absolute atomic E-state index is 13.0. The zero-order chi connectivity index (χ0) is 10.0. The van der Waals surface area contributed by atoms with Gasteiger partial charge in [0.05, 0.1) is 17.7 Å². The van der Waals surface area contributed by atoms with Crippen LogP contribution < -0.4 is 10.5 Å². The Bertz CT molecular complexity index is 354. The smallest absolute Gasteiger partial charge is 0.251 e. The summed E-state index contributed by atoms with van der Waals surface area (Å²) < 4.78 is 17.8. The molecule has 13 heavy (non-hydrogen) atoms. The number of rotatable bonds is 2. The largest absolute Gasteiger partial charge is 0.495 e. The van der Waals surface area contributed by atoms with Crippen LogP contribution in [0.2, 0.25) is 5.02 Å². The maximum Gasteiger partial charge on any atom is 0.251 e. The molecule has 0 heterocycles. The van der Waals surface area contributed by atoms with Gasteiger partial charge in [0.2, 0.25) is 0 Å². The molecule has 5 heteroatoms. The molecule has 0 unspecified atom stereocenters. The number of benzene rings is 1. The number of methoxy groups -OCH3 is 1. The molecule has 0 saturated carbocycles. The minimum absolute atomic E-state index is 0.102. The van der Waals surface area contributed by atoms with Crippen LogP contribution in [-0.2, 0) is 0 Å². The highest BCUT2D eigenvalue weighted by molar-refractivity contribution is 6.32. The lowest BCUT2D eigenvalue weighted by molar-refractivity contribution is 0.0996. The summed E-state index contributed by atoms with van der Waals surface area (Å²) in [7, 11) is 1.36. The third-order valence-electron chi connectivity index (χ3n) is 1.51. The first-order valence-electron chi connectivity index (χ1n) is 3.39. The average Bonchev–Trinajstić information content (AvgIpc) is 2.03. The number of halogens is 2. The Kier molecular flexibility index (Phi) is 2.72. The van der Waals surface area contributed by atoms with Gasteiger partial charge in [0.25, 0.3) is 5.91 Å². The zero-order valence-corrected chi connectivity index (χ0v) is 7.56. The Hall–Kier alpha value is -1.29. The van der Waals surface area contributed by atoms with Crippen molar-refractivity contribution >= 4 is 17.5 Å². The standard InChI is InChI=1S/C8H7ClFNO2/c1-13-7-2-4(8(11)12)6(10)3-5(7)9/h2-3H,1H3,(H2,11,12). The molecule has 0 atom stereocenters. The number of nitrogens with two attached hydrogens (primary N) is 1. The predicted octanol–water partition coefficient (Wildman–Crippen LogP) is 1.59. The van der Waals surface area contributed by atoms with Gasteiger partial charge in [0.1, 0.15) is 11.6 Å². The second-order valence-corrected chi connectivity index (χ2v) is 2.74. The second kappa shape index (κ2) is 3.62. The van der Waals surface area contributed by atoms with Crippen molar-refractivity contribution in [2.45, 2.75) is 0 Å². The van der Waals surface area contributed by atoms with E-state index in [0.717, 1.165) is 6.07 Å². The van der Waals surface area contributed by atoms with E-state index in [2.05, 4.69) is 0 Å². The van der Waals surface area contributed by atoms with Crippen molar-refractivity contribution in [1.82, 2.24) is 0 Å². The Morgan fingerprint density at radius 1 is 1.62 bits per heavy atom. The van der Waals surface area contributed by atoms with Gasteiger partial charge in [0, 0.05) is 0 Å². The lowest BCUT2D eigenvalue weighted by Gasteiger charge is -2.05. The van der Waals surface area contributed by atoms with E-state index in [1.54, 1.807) is 0 Å². The summed E-state index contributed by atoms with van der Waals surface area (Å²) in [5.74, 6) is -1.39. The fourth-order valence-corrected chi connectivity index (χ4v) is 1.10. The summed E-state index contributed by atoms with van der Waals surface area (Å²) in [6.45, 7) is 0. The third kappa shape index (κ3) is 1.89. The molecule has 0 bridgehead atoms. The molecule has 0 spiro atoms. The monoisotopic (exact) mass is 203 g/mol. The first-order chi connectivity index (χ1) is 6.06. The summed E-state index contributed by atoms with van der Waals surface area (Å²) in [5.41, 5.74) is 4.68. The Balaban J connectivity index is 3.30. The van der Waals surface area contributed by atoms with Gasteiger partial charge < -0.3 is 10.5 Å². The van der Waals surface area contributed by atoms with E-state index < -0.39 is 11.7 Å². The van der Waals surface area contributed by atoms with E-state index in [9.17, 15) is 9.18 Å². The van der Waals surface area contributed by atoms with E-state index in [0.29, 0.717) is 0 Å². The lowest BCUT2D eigenvalue weighted by Crippen LogP contribution is -2.13. The number of ether oxygens (including phenoxy) is 1. The van der Waals surface area contributed by atoms with Gasteiger partial charge in [-0.3, -0.25) is 4.79 Å². The van der Waals surface area contributed by atoms with Crippen LogP contribution in [0, 0.1) is 5.82 Å². The average molecular weight is 204 g/mol. The maximum atomic E-state index is 13.0. The van der Waals surface area contributed by atoms with Crippen LogP contribution in [-0.4, -0.2) is 13.0 Å².